The first-order chi connectivity index (χ1) is 28.3. The Labute approximate surface area is 356 Å². The first-order valence-electron chi connectivity index (χ1n) is 23.9. The summed E-state index contributed by atoms with van der Waals surface area (Å²) in [7, 11) is 0. The number of esters is 1. The molecule has 4 aliphatic carbocycles. The molecular formula is C50H80O9. The van der Waals surface area contributed by atoms with E-state index in [2.05, 4.69) is 40.7 Å². The predicted octanol–water partition coefficient (Wildman–Crippen LogP) is 9.71. The van der Waals surface area contributed by atoms with Crippen LogP contribution in [0.4, 0.5) is 0 Å². The summed E-state index contributed by atoms with van der Waals surface area (Å²) in [5.41, 5.74) is 2.41. The summed E-state index contributed by atoms with van der Waals surface area (Å²) in [6.45, 7) is 12.7. The van der Waals surface area contributed by atoms with Crippen LogP contribution in [0.3, 0.4) is 0 Å². The van der Waals surface area contributed by atoms with Crippen LogP contribution in [0.5, 0.6) is 11.5 Å². The maximum atomic E-state index is 12.9. The van der Waals surface area contributed by atoms with E-state index in [1.165, 1.54) is 70.6 Å². The molecule has 6 rings (SSSR count). The summed E-state index contributed by atoms with van der Waals surface area (Å²) in [6.07, 6.45) is 19.5. The van der Waals surface area contributed by atoms with Gasteiger partial charge in [-0.05, 0) is 128 Å². The highest BCUT2D eigenvalue weighted by Crippen LogP contribution is 2.67. The average molecular weight is 825 g/mol. The Bertz CT molecular complexity index is 1480. The smallest absolute Gasteiger partial charge is 0.306 e. The fourth-order valence-electron chi connectivity index (χ4n) is 12.5. The van der Waals surface area contributed by atoms with Gasteiger partial charge in [0.15, 0.2) is 0 Å². The van der Waals surface area contributed by atoms with Crippen LogP contribution >= 0.6 is 0 Å². The molecule has 4 N–H and O–H groups in total. The third kappa shape index (κ3) is 11.3. The number of carbonyl (C=O) groups is 1. The molecule has 4 fully saturated rings. The van der Waals surface area contributed by atoms with Gasteiger partial charge in [0.05, 0.1) is 13.2 Å². The van der Waals surface area contributed by atoms with Crippen LogP contribution in [0.15, 0.2) is 35.9 Å². The number of carbonyl (C=O) groups excluding carboxylic acids is 1. The van der Waals surface area contributed by atoms with E-state index in [0.29, 0.717) is 29.9 Å². The van der Waals surface area contributed by atoms with E-state index in [1.807, 2.05) is 0 Å². The number of aliphatic hydroxyl groups excluding tert-OH is 4. The van der Waals surface area contributed by atoms with Crippen LogP contribution in [0.2, 0.25) is 0 Å². The van der Waals surface area contributed by atoms with Gasteiger partial charge in [0.2, 0.25) is 6.29 Å². The molecule has 9 heteroatoms. The van der Waals surface area contributed by atoms with Crippen molar-refractivity contribution in [3.63, 3.8) is 0 Å². The quantitative estimate of drug-likeness (QED) is 0.0543. The van der Waals surface area contributed by atoms with Crippen molar-refractivity contribution in [2.24, 2.45) is 46.3 Å². The second kappa shape index (κ2) is 21.3. The molecule has 1 heterocycles. The summed E-state index contributed by atoms with van der Waals surface area (Å²) in [4.78, 5) is 12.9. The van der Waals surface area contributed by atoms with Crippen LogP contribution in [0, 0.1) is 46.3 Å². The average Bonchev–Trinajstić information content (AvgIpc) is 3.58. The van der Waals surface area contributed by atoms with E-state index in [9.17, 15) is 25.2 Å². The molecule has 0 amide bonds. The number of rotatable bonds is 21. The Kier molecular flexibility index (Phi) is 16.7. The molecule has 3 saturated carbocycles. The van der Waals surface area contributed by atoms with Crippen LogP contribution < -0.4 is 9.47 Å². The third-order valence-electron chi connectivity index (χ3n) is 16.0. The van der Waals surface area contributed by atoms with Gasteiger partial charge in [-0.2, -0.15) is 0 Å². The lowest BCUT2D eigenvalue weighted by molar-refractivity contribution is -0.277. The summed E-state index contributed by atoms with van der Waals surface area (Å²) < 4.78 is 23.1. The van der Waals surface area contributed by atoms with Gasteiger partial charge in [-0.15, -0.1) is 0 Å². The highest BCUT2D eigenvalue weighted by molar-refractivity contribution is 5.69. The zero-order valence-corrected chi connectivity index (χ0v) is 37.2. The SMILES string of the molecule is CC(C)CCC[C@@H](C)[C@H]1CC[C@H]2[C@@H]3CC=C4C[C@@H](OC(=O)CCCCCCCCCCOc5ccc(O[C@@H]6O[C@H](CO)[C@@H](O)[C@H](O)[C@H]6O)cc5)CC[C@]4(C)[C@H]3CC[C@]12C. The molecule has 9 nitrogen and oxygen atoms in total. The standard InChI is InChI=1S/C50H80O9/c1-33(2)15-14-16-34(3)40-24-25-41-39-23-18-35-31-38(26-28-49(35,4)42(39)27-29-50(40,41)5)57-44(52)17-12-10-8-6-7-9-11-13-30-56-36-19-21-37(22-20-36)58-48-47(55)46(54)45(53)43(32-51)59-48/h18-22,33-34,38-43,45-48,51,53-55H,6-17,23-32H2,1-5H3/t34-,38+,39+,40-,41+,42+,43-,45-,46+,47-,48-,49+,50-/m1/s1. The van der Waals surface area contributed by atoms with Gasteiger partial charge in [-0.3, -0.25) is 4.79 Å². The third-order valence-corrected chi connectivity index (χ3v) is 16.0. The monoisotopic (exact) mass is 825 g/mol. The fourth-order valence-corrected chi connectivity index (χ4v) is 12.5. The van der Waals surface area contributed by atoms with Crippen molar-refractivity contribution in [1.29, 1.82) is 0 Å². The Hall–Kier alpha value is -2.17. The van der Waals surface area contributed by atoms with E-state index < -0.39 is 37.3 Å². The zero-order valence-electron chi connectivity index (χ0n) is 37.2. The van der Waals surface area contributed by atoms with Gasteiger partial charge in [-0.25, -0.2) is 0 Å². The Balaban J connectivity index is 0.802. The zero-order chi connectivity index (χ0) is 42.2. The van der Waals surface area contributed by atoms with E-state index in [4.69, 9.17) is 18.9 Å². The van der Waals surface area contributed by atoms with Crippen LogP contribution in [0.25, 0.3) is 0 Å². The van der Waals surface area contributed by atoms with Crippen LogP contribution in [-0.2, 0) is 14.3 Å². The van der Waals surface area contributed by atoms with Gasteiger partial charge in [0.1, 0.15) is 42.0 Å². The highest BCUT2D eigenvalue weighted by Gasteiger charge is 2.59. The molecule has 59 heavy (non-hydrogen) atoms. The minimum absolute atomic E-state index is 0.00296. The minimum atomic E-state index is -1.48. The largest absolute Gasteiger partial charge is 0.494 e. The maximum absolute atomic E-state index is 12.9. The first kappa shape index (κ1) is 46.3. The van der Waals surface area contributed by atoms with Crippen LogP contribution in [0.1, 0.15) is 163 Å². The number of hydrogen-bond acceptors (Lipinski definition) is 9. The Morgan fingerprint density at radius 3 is 2.20 bits per heavy atom. The summed E-state index contributed by atoms with van der Waals surface area (Å²) >= 11 is 0. The summed E-state index contributed by atoms with van der Waals surface area (Å²) in [5, 5.41) is 39.5. The van der Waals surface area contributed by atoms with E-state index in [-0.39, 0.29) is 17.5 Å². The maximum Gasteiger partial charge on any atom is 0.306 e. The van der Waals surface area contributed by atoms with Crippen molar-refractivity contribution < 1.29 is 44.2 Å². The lowest BCUT2D eigenvalue weighted by atomic mass is 9.47. The van der Waals surface area contributed by atoms with Crippen molar-refractivity contribution in [2.45, 2.75) is 200 Å². The molecule has 13 atom stereocenters. The fraction of sp³-hybridized carbons (Fsp3) is 0.820. The van der Waals surface area contributed by atoms with E-state index in [1.54, 1.807) is 29.8 Å². The second-order valence-electron chi connectivity index (χ2n) is 20.4. The molecule has 1 aromatic rings. The van der Waals surface area contributed by atoms with E-state index in [0.717, 1.165) is 86.9 Å². The van der Waals surface area contributed by atoms with Gasteiger partial charge in [0, 0.05) is 12.8 Å². The Morgan fingerprint density at radius 1 is 0.797 bits per heavy atom. The second-order valence-corrected chi connectivity index (χ2v) is 20.4. The van der Waals surface area contributed by atoms with Gasteiger partial charge in [0.25, 0.3) is 0 Å². The highest BCUT2D eigenvalue weighted by atomic mass is 16.7. The van der Waals surface area contributed by atoms with Crippen molar-refractivity contribution in [1.82, 2.24) is 0 Å². The molecule has 0 aromatic heterocycles. The molecule has 5 aliphatic rings. The number of ether oxygens (including phenoxy) is 4. The molecule has 0 unspecified atom stereocenters. The van der Waals surface area contributed by atoms with Crippen molar-refractivity contribution in [2.75, 3.05) is 13.2 Å². The summed E-state index contributed by atoms with van der Waals surface area (Å²) in [5.74, 6) is 6.18. The number of unbranched alkanes of at least 4 members (excludes halogenated alkanes) is 7. The first-order valence-corrected chi connectivity index (χ1v) is 23.9. The van der Waals surface area contributed by atoms with Crippen molar-refractivity contribution >= 4 is 5.97 Å². The van der Waals surface area contributed by atoms with Crippen LogP contribution in [-0.4, -0.2) is 76.4 Å². The normalized spacial score (nSPS) is 35.9. The summed E-state index contributed by atoms with van der Waals surface area (Å²) in [6, 6.07) is 6.92. The topological polar surface area (TPSA) is 135 Å². The number of benzene rings is 1. The lowest BCUT2D eigenvalue weighted by Crippen LogP contribution is -2.60. The van der Waals surface area contributed by atoms with Crippen molar-refractivity contribution in [3.05, 3.63) is 35.9 Å². The molecule has 1 aliphatic heterocycles. The molecule has 1 saturated heterocycles. The molecule has 0 spiro atoms. The number of allylic oxidation sites excluding steroid dienone is 1. The Morgan fingerprint density at radius 2 is 1.49 bits per heavy atom. The van der Waals surface area contributed by atoms with Crippen molar-refractivity contribution in [3.8, 4) is 11.5 Å². The van der Waals surface area contributed by atoms with Gasteiger partial charge in [-0.1, -0.05) is 104 Å². The number of hydrogen-bond donors (Lipinski definition) is 4. The molecule has 334 valence electrons. The van der Waals surface area contributed by atoms with Gasteiger partial charge >= 0.3 is 5.97 Å². The molecular weight excluding hydrogens is 745 g/mol. The molecule has 0 radical (unpaired) electrons. The van der Waals surface area contributed by atoms with Gasteiger partial charge < -0.3 is 39.4 Å². The molecule has 0 bridgehead atoms. The molecule has 1 aromatic carbocycles. The number of fused-ring (bicyclic) bond motifs is 5. The number of aliphatic hydroxyl groups is 4. The minimum Gasteiger partial charge on any atom is -0.494 e. The predicted molar refractivity (Wildman–Crippen MR) is 231 cm³/mol. The lowest BCUT2D eigenvalue weighted by Gasteiger charge is -2.58. The van der Waals surface area contributed by atoms with E-state index >= 15 is 0 Å².